The number of para-hydroxylation sites is 1. The molecule has 1 N–H and O–H groups in total. The summed E-state index contributed by atoms with van der Waals surface area (Å²) in [5.74, 6) is 0.541. The van der Waals surface area contributed by atoms with Crippen LogP contribution in [0.2, 0.25) is 0 Å². The van der Waals surface area contributed by atoms with Crippen molar-refractivity contribution in [2.75, 3.05) is 26.2 Å². The highest BCUT2D eigenvalue weighted by molar-refractivity contribution is 5.77. The summed E-state index contributed by atoms with van der Waals surface area (Å²) in [5.41, 5.74) is 0.868. The van der Waals surface area contributed by atoms with Crippen molar-refractivity contribution in [2.24, 2.45) is 0 Å². The monoisotopic (exact) mass is 316 g/mol. The van der Waals surface area contributed by atoms with Gasteiger partial charge in [-0.3, -0.25) is 4.79 Å². The third-order valence-corrected chi connectivity index (χ3v) is 5.21. The lowest BCUT2D eigenvalue weighted by atomic mass is 10.1. The number of hydrogen-bond acceptors (Lipinski definition) is 3. The highest BCUT2D eigenvalue weighted by Crippen LogP contribution is 2.23. The van der Waals surface area contributed by atoms with Gasteiger partial charge in [0.2, 0.25) is 5.91 Å². The molecule has 2 heterocycles. The Morgan fingerprint density at radius 2 is 1.87 bits per heavy atom. The number of aromatic hydroxyl groups is 1. The van der Waals surface area contributed by atoms with Gasteiger partial charge in [0.15, 0.2) is 0 Å². The predicted molar refractivity (Wildman–Crippen MR) is 91.5 cm³/mol. The van der Waals surface area contributed by atoms with Gasteiger partial charge in [0.1, 0.15) is 5.75 Å². The Bertz CT molecular complexity index is 526. The van der Waals surface area contributed by atoms with E-state index in [1.165, 1.54) is 32.4 Å². The van der Waals surface area contributed by atoms with Crippen molar-refractivity contribution in [1.82, 2.24) is 9.80 Å². The maximum atomic E-state index is 12.6. The molecule has 3 rings (SSSR count). The average molecular weight is 316 g/mol. The van der Waals surface area contributed by atoms with Crippen LogP contribution in [0.5, 0.6) is 5.75 Å². The van der Waals surface area contributed by atoms with E-state index in [0.29, 0.717) is 24.6 Å². The number of likely N-dealkylation sites (tertiary alicyclic amines) is 2. The summed E-state index contributed by atoms with van der Waals surface area (Å²) >= 11 is 0. The van der Waals surface area contributed by atoms with Crippen LogP contribution < -0.4 is 0 Å². The first kappa shape index (κ1) is 16.3. The Morgan fingerprint density at radius 1 is 1.09 bits per heavy atom. The predicted octanol–water partition coefficient (Wildman–Crippen LogP) is 2.80. The van der Waals surface area contributed by atoms with Crippen molar-refractivity contribution >= 4 is 5.91 Å². The lowest BCUT2D eigenvalue weighted by Crippen LogP contribution is -2.44. The van der Waals surface area contributed by atoms with Crippen LogP contribution in [0.25, 0.3) is 0 Å². The van der Waals surface area contributed by atoms with E-state index in [-0.39, 0.29) is 5.91 Å². The second kappa shape index (κ2) is 7.82. The number of phenolic OH excluding ortho intramolecular Hbond substituents is 1. The minimum absolute atomic E-state index is 0.243. The molecule has 1 aromatic carbocycles. The summed E-state index contributed by atoms with van der Waals surface area (Å²) in [5, 5.41) is 9.83. The van der Waals surface area contributed by atoms with Crippen LogP contribution in [0, 0.1) is 0 Å². The van der Waals surface area contributed by atoms with Crippen LogP contribution in [-0.4, -0.2) is 53.0 Å². The van der Waals surface area contributed by atoms with Crippen LogP contribution >= 0.6 is 0 Å². The molecule has 2 fully saturated rings. The van der Waals surface area contributed by atoms with E-state index in [1.54, 1.807) is 6.07 Å². The van der Waals surface area contributed by atoms with Gasteiger partial charge in [0.25, 0.3) is 0 Å². The third-order valence-electron chi connectivity index (χ3n) is 5.21. The van der Waals surface area contributed by atoms with Crippen LogP contribution in [0.3, 0.4) is 0 Å². The molecule has 2 saturated heterocycles. The molecular weight excluding hydrogens is 288 g/mol. The minimum Gasteiger partial charge on any atom is -0.508 e. The Hall–Kier alpha value is -1.55. The Kier molecular flexibility index (Phi) is 5.55. The molecule has 1 unspecified atom stereocenters. The van der Waals surface area contributed by atoms with E-state index in [0.717, 1.165) is 31.5 Å². The SMILES string of the molecule is O=C(CCc1ccccc1O)N1CCCC1CN1CCCCC1. The Morgan fingerprint density at radius 3 is 2.65 bits per heavy atom. The van der Waals surface area contributed by atoms with Gasteiger partial charge in [-0.15, -0.1) is 0 Å². The summed E-state index contributed by atoms with van der Waals surface area (Å²) in [6.07, 6.45) is 7.33. The molecule has 1 aromatic rings. The van der Waals surface area contributed by atoms with E-state index in [4.69, 9.17) is 0 Å². The zero-order valence-corrected chi connectivity index (χ0v) is 13.9. The Balaban J connectivity index is 1.52. The number of piperidine rings is 1. The summed E-state index contributed by atoms with van der Waals surface area (Å²) < 4.78 is 0. The van der Waals surface area contributed by atoms with Crippen molar-refractivity contribution in [3.05, 3.63) is 29.8 Å². The molecule has 0 spiro atoms. The number of carbonyl (C=O) groups excluding carboxylic acids is 1. The topological polar surface area (TPSA) is 43.8 Å². The van der Waals surface area contributed by atoms with Gasteiger partial charge in [0.05, 0.1) is 0 Å². The van der Waals surface area contributed by atoms with Crippen LogP contribution in [0.1, 0.15) is 44.1 Å². The molecule has 0 aliphatic carbocycles. The fourth-order valence-electron chi connectivity index (χ4n) is 3.90. The van der Waals surface area contributed by atoms with Crippen molar-refractivity contribution in [3.8, 4) is 5.75 Å². The molecule has 4 heteroatoms. The number of carbonyl (C=O) groups is 1. The molecule has 23 heavy (non-hydrogen) atoms. The molecule has 4 nitrogen and oxygen atoms in total. The number of amides is 1. The van der Waals surface area contributed by atoms with Gasteiger partial charge in [-0.1, -0.05) is 24.6 Å². The normalized spacial score (nSPS) is 22.4. The lowest BCUT2D eigenvalue weighted by Gasteiger charge is -2.33. The first-order valence-electron chi connectivity index (χ1n) is 9.03. The fourth-order valence-corrected chi connectivity index (χ4v) is 3.90. The number of benzene rings is 1. The molecule has 0 aromatic heterocycles. The number of phenols is 1. The summed E-state index contributed by atoms with van der Waals surface area (Å²) in [7, 11) is 0. The molecule has 0 radical (unpaired) electrons. The molecule has 0 bridgehead atoms. The molecular formula is C19H28N2O2. The summed E-state index contributed by atoms with van der Waals surface area (Å²) in [6.45, 7) is 4.33. The minimum atomic E-state index is 0.243. The molecule has 1 amide bonds. The van der Waals surface area contributed by atoms with Gasteiger partial charge in [-0.05, 0) is 56.8 Å². The molecule has 2 aliphatic rings. The van der Waals surface area contributed by atoms with E-state index < -0.39 is 0 Å². The summed E-state index contributed by atoms with van der Waals surface area (Å²) in [6, 6.07) is 7.71. The van der Waals surface area contributed by atoms with E-state index in [9.17, 15) is 9.90 Å². The number of nitrogens with zero attached hydrogens (tertiary/aromatic N) is 2. The molecule has 1 atom stereocenters. The molecule has 126 valence electrons. The zero-order chi connectivity index (χ0) is 16.1. The third kappa shape index (κ3) is 4.25. The van der Waals surface area contributed by atoms with Crippen LogP contribution in [0.4, 0.5) is 0 Å². The molecule has 2 aliphatic heterocycles. The van der Waals surface area contributed by atoms with Crippen molar-refractivity contribution < 1.29 is 9.90 Å². The first-order valence-corrected chi connectivity index (χ1v) is 9.03. The smallest absolute Gasteiger partial charge is 0.223 e. The van der Waals surface area contributed by atoms with Crippen LogP contribution in [0.15, 0.2) is 24.3 Å². The van der Waals surface area contributed by atoms with Crippen molar-refractivity contribution in [1.29, 1.82) is 0 Å². The first-order chi connectivity index (χ1) is 11.2. The highest BCUT2D eigenvalue weighted by Gasteiger charge is 2.30. The lowest BCUT2D eigenvalue weighted by molar-refractivity contribution is -0.132. The molecule has 0 saturated carbocycles. The van der Waals surface area contributed by atoms with Crippen LogP contribution in [-0.2, 0) is 11.2 Å². The second-order valence-corrected chi connectivity index (χ2v) is 6.87. The van der Waals surface area contributed by atoms with E-state index in [1.807, 2.05) is 18.2 Å². The quantitative estimate of drug-likeness (QED) is 0.908. The summed E-state index contributed by atoms with van der Waals surface area (Å²) in [4.78, 5) is 17.2. The van der Waals surface area contributed by atoms with Gasteiger partial charge < -0.3 is 14.9 Å². The van der Waals surface area contributed by atoms with Gasteiger partial charge in [-0.25, -0.2) is 0 Å². The van der Waals surface area contributed by atoms with E-state index in [2.05, 4.69) is 9.80 Å². The van der Waals surface area contributed by atoms with E-state index >= 15 is 0 Å². The standard InChI is InChI=1S/C19H28N2O2/c22-18-9-3-2-7-16(18)10-11-19(23)21-14-6-8-17(21)15-20-12-4-1-5-13-20/h2-3,7,9,17,22H,1,4-6,8,10-15H2. The van der Waals surface area contributed by atoms with Gasteiger partial charge >= 0.3 is 0 Å². The number of rotatable bonds is 5. The highest BCUT2D eigenvalue weighted by atomic mass is 16.3. The number of hydrogen-bond donors (Lipinski definition) is 1. The number of aryl methyl sites for hydroxylation is 1. The second-order valence-electron chi connectivity index (χ2n) is 6.87. The van der Waals surface area contributed by atoms with Crippen molar-refractivity contribution in [3.63, 3.8) is 0 Å². The van der Waals surface area contributed by atoms with Crippen molar-refractivity contribution in [2.45, 2.75) is 51.0 Å². The zero-order valence-electron chi connectivity index (χ0n) is 13.9. The maximum absolute atomic E-state index is 12.6. The van der Waals surface area contributed by atoms with Gasteiger partial charge in [0, 0.05) is 25.6 Å². The Labute approximate surface area is 139 Å². The fraction of sp³-hybridized carbons (Fsp3) is 0.632. The van der Waals surface area contributed by atoms with Gasteiger partial charge in [-0.2, -0.15) is 0 Å². The average Bonchev–Trinajstić information content (AvgIpc) is 3.03. The largest absolute Gasteiger partial charge is 0.508 e. The maximum Gasteiger partial charge on any atom is 0.223 e.